The van der Waals surface area contributed by atoms with Gasteiger partial charge in [-0.05, 0) is 35.7 Å². The number of hydrogen-bond donors (Lipinski definition) is 8. The van der Waals surface area contributed by atoms with Crippen molar-refractivity contribution < 1.29 is 70.0 Å². The fraction of sp³-hybridized carbons (Fsp3) is 0. The van der Waals surface area contributed by atoms with Crippen molar-refractivity contribution in [3.63, 3.8) is 0 Å². The lowest BCUT2D eigenvalue weighted by Gasteiger charge is -2.14. The Hall–Kier alpha value is -5.23. The molecule has 0 atom stereocenters. The Morgan fingerprint density at radius 3 is 1.60 bits per heavy atom. The normalized spacial score (nSPS) is 13.5. The summed E-state index contributed by atoms with van der Waals surface area (Å²) in [5.41, 5.74) is 6.49. The molecule has 0 aliphatic carbocycles. The molecule has 0 bridgehead atoms. The third-order valence-electron chi connectivity index (χ3n) is 7.16. The van der Waals surface area contributed by atoms with Gasteiger partial charge in [0, 0.05) is 10.8 Å². The van der Waals surface area contributed by atoms with E-state index >= 15 is 0 Å². The summed E-state index contributed by atoms with van der Waals surface area (Å²) in [4.78, 5) is -5.88. The van der Waals surface area contributed by atoms with Crippen LogP contribution in [0.4, 0.5) is 34.1 Å². The Morgan fingerprint density at radius 1 is 0.491 bits per heavy atom. The van der Waals surface area contributed by atoms with Crippen molar-refractivity contribution in [2.24, 2.45) is 20.5 Å². The summed E-state index contributed by atoms with van der Waals surface area (Å²) in [6, 6.07) is 9.67. The highest BCUT2D eigenvalue weighted by Crippen LogP contribution is 2.49. The highest BCUT2D eigenvalue weighted by Gasteiger charge is 2.30. The van der Waals surface area contributed by atoms with Crippen LogP contribution in [0, 0.1) is 0 Å². The van der Waals surface area contributed by atoms with E-state index in [1.807, 2.05) is 0 Å². The highest BCUT2D eigenvalue weighted by atomic mass is 32.2. The third kappa shape index (κ3) is 7.64. The largest absolute Gasteiger partial charge is 0.505 e. The second-order valence-electron chi connectivity index (χ2n) is 10.6. The van der Waals surface area contributed by atoms with Crippen LogP contribution in [0.2, 0.25) is 0 Å². The summed E-state index contributed by atoms with van der Waals surface area (Å²) in [7, 11) is -26.5. The molecule has 0 radical (unpaired) electrons. The summed E-state index contributed by atoms with van der Waals surface area (Å²) in [6.07, 6.45) is 0. The fourth-order valence-corrected chi connectivity index (χ4v) is 8.48. The molecule has 280 valence electrons. The molecule has 5 aromatic carbocycles. The SMILES string of the molecule is Nc1cc(/N=N/c2cc(S(=O)(=O)O)c3cc(S(=O)(=O)O)c(/N=N/c4ccc5ccccc5c4S(=O)(=O)O)c(O)c3c2N)c(S(=O)(=O)O)cc1S(=O)(=O)O. The number of anilines is 2. The number of benzene rings is 5. The number of nitrogens with two attached hydrogens (primary N) is 2. The minimum absolute atomic E-state index is 0.0623. The van der Waals surface area contributed by atoms with Gasteiger partial charge >= 0.3 is 0 Å². The zero-order valence-electron chi connectivity index (χ0n) is 25.5. The maximum absolute atomic E-state index is 12.5. The predicted molar refractivity (Wildman–Crippen MR) is 182 cm³/mol. The topological polar surface area (TPSA) is 394 Å². The molecule has 0 aromatic heterocycles. The summed E-state index contributed by atoms with van der Waals surface area (Å²) in [5, 5.41) is 24.1. The van der Waals surface area contributed by atoms with Crippen LogP contribution in [0.3, 0.4) is 0 Å². The van der Waals surface area contributed by atoms with Crippen LogP contribution in [0.5, 0.6) is 5.75 Å². The first-order valence-corrected chi connectivity index (χ1v) is 20.7. The molecule has 0 unspecified atom stereocenters. The van der Waals surface area contributed by atoms with Gasteiger partial charge in [0.15, 0.2) is 5.75 Å². The maximum Gasteiger partial charge on any atom is 0.297 e. The van der Waals surface area contributed by atoms with Crippen LogP contribution in [0.15, 0.2) is 106 Å². The first-order chi connectivity index (χ1) is 24.2. The van der Waals surface area contributed by atoms with Crippen molar-refractivity contribution in [2.75, 3.05) is 11.5 Å². The Labute approximate surface area is 297 Å². The van der Waals surface area contributed by atoms with Gasteiger partial charge < -0.3 is 16.6 Å². The number of aromatic hydroxyl groups is 1. The van der Waals surface area contributed by atoms with Crippen LogP contribution < -0.4 is 11.5 Å². The summed E-state index contributed by atoms with van der Waals surface area (Å²) < 4.78 is 171. The van der Waals surface area contributed by atoms with E-state index in [2.05, 4.69) is 20.5 Å². The molecule has 27 heteroatoms. The highest BCUT2D eigenvalue weighted by molar-refractivity contribution is 7.87. The molecule has 0 fully saturated rings. The van der Waals surface area contributed by atoms with Gasteiger partial charge in [0.25, 0.3) is 50.6 Å². The average Bonchev–Trinajstić information content (AvgIpc) is 3.00. The number of nitrogens with zero attached hydrogens (tertiary/aromatic N) is 4. The van der Waals surface area contributed by atoms with E-state index < -0.39 is 126 Å². The van der Waals surface area contributed by atoms with Crippen LogP contribution in [0.1, 0.15) is 0 Å². The Kier molecular flexibility index (Phi) is 9.57. The van der Waals surface area contributed by atoms with Gasteiger partial charge in [-0.3, -0.25) is 22.8 Å². The molecule has 0 saturated carbocycles. The minimum Gasteiger partial charge on any atom is -0.505 e. The number of phenols is 1. The van der Waals surface area contributed by atoms with Gasteiger partial charge in [-0.1, -0.05) is 30.3 Å². The van der Waals surface area contributed by atoms with Crippen molar-refractivity contribution in [1.29, 1.82) is 0 Å². The van der Waals surface area contributed by atoms with Crippen molar-refractivity contribution >= 4 is 106 Å². The monoisotopic (exact) mass is 832 g/mol. The molecule has 0 spiro atoms. The smallest absolute Gasteiger partial charge is 0.297 e. The van der Waals surface area contributed by atoms with Crippen LogP contribution in [0.25, 0.3) is 21.5 Å². The van der Waals surface area contributed by atoms with E-state index in [9.17, 15) is 70.0 Å². The first kappa shape index (κ1) is 39.0. The molecular formula is C26H20N6O16S5. The van der Waals surface area contributed by atoms with Gasteiger partial charge in [-0.25, -0.2) is 0 Å². The zero-order valence-corrected chi connectivity index (χ0v) is 29.6. The van der Waals surface area contributed by atoms with E-state index in [-0.39, 0.29) is 11.5 Å². The second-order valence-corrected chi connectivity index (χ2v) is 17.5. The molecule has 5 aromatic rings. The van der Waals surface area contributed by atoms with Crippen molar-refractivity contribution in [1.82, 2.24) is 0 Å². The number of azo groups is 2. The van der Waals surface area contributed by atoms with Gasteiger partial charge in [0.05, 0.1) is 16.8 Å². The summed E-state index contributed by atoms with van der Waals surface area (Å²) in [6.45, 7) is 0. The molecule has 53 heavy (non-hydrogen) atoms. The number of nitrogen functional groups attached to an aromatic ring is 2. The van der Waals surface area contributed by atoms with Crippen molar-refractivity contribution in [2.45, 2.75) is 24.5 Å². The molecular weight excluding hydrogens is 813 g/mol. The van der Waals surface area contributed by atoms with Crippen molar-refractivity contribution in [3.8, 4) is 5.75 Å². The van der Waals surface area contributed by atoms with Gasteiger partial charge in [-0.2, -0.15) is 42.1 Å². The predicted octanol–water partition coefficient (Wildman–Crippen LogP) is 3.93. The van der Waals surface area contributed by atoms with E-state index in [0.717, 1.165) is 6.07 Å². The van der Waals surface area contributed by atoms with Crippen LogP contribution in [-0.2, 0) is 50.6 Å². The number of hydrogen-bond acceptors (Lipinski definition) is 17. The minimum atomic E-state index is -5.49. The number of phenolic OH excluding ortho intramolecular Hbond substituents is 1. The quantitative estimate of drug-likeness (QED) is 0.0592. The van der Waals surface area contributed by atoms with E-state index in [1.54, 1.807) is 6.07 Å². The van der Waals surface area contributed by atoms with Crippen LogP contribution in [-0.4, -0.2) is 70.0 Å². The van der Waals surface area contributed by atoms with Crippen LogP contribution >= 0.6 is 0 Å². The lowest BCUT2D eigenvalue weighted by molar-refractivity contribution is 0.471. The molecule has 0 aliphatic heterocycles. The standard InChI is InChI=1S/C26H20N6O16S5/c27-14-8-16(20(51(40,41)42)10-19(14)50(37,38)39)30-31-17-9-18(49(34,35)36)13-7-21(52(43,44)45)24(25(33)22(13)23(17)28)32-29-15-6-5-11-3-1-2-4-12(11)26(15)53(46,47)48/h1-10,33H,27-28H2,(H,34,35,36)(H,37,38,39)(H,40,41,42)(H,43,44,45)(H,46,47,48)/b31-30+,32-29+. The Balaban J connectivity index is 1.84. The lowest BCUT2D eigenvalue weighted by atomic mass is 10.0. The molecule has 10 N–H and O–H groups in total. The zero-order chi connectivity index (χ0) is 39.6. The number of fused-ring (bicyclic) bond motifs is 2. The number of rotatable bonds is 9. The third-order valence-corrected chi connectivity index (χ3v) is 11.7. The van der Waals surface area contributed by atoms with E-state index in [0.29, 0.717) is 23.6 Å². The summed E-state index contributed by atoms with van der Waals surface area (Å²) in [5.74, 6) is -1.38. The van der Waals surface area contributed by atoms with E-state index in [1.165, 1.54) is 24.3 Å². The molecule has 5 rings (SSSR count). The van der Waals surface area contributed by atoms with Gasteiger partial charge in [-0.15, -0.1) is 20.5 Å². The van der Waals surface area contributed by atoms with Gasteiger partial charge in [0.2, 0.25) is 0 Å². The molecule has 0 amide bonds. The first-order valence-electron chi connectivity index (χ1n) is 13.5. The Morgan fingerprint density at radius 2 is 1.04 bits per heavy atom. The fourth-order valence-electron chi connectivity index (χ4n) is 4.97. The lowest BCUT2D eigenvalue weighted by Crippen LogP contribution is -2.07. The van der Waals surface area contributed by atoms with Crippen molar-refractivity contribution in [3.05, 3.63) is 60.7 Å². The second kappa shape index (κ2) is 13.0. The van der Waals surface area contributed by atoms with E-state index in [4.69, 9.17) is 11.5 Å². The molecule has 0 aliphatic rings. The van der Waals surface area contributed by atoms with Gasteiger partial charge in [0.1, 0.15) is 47.2 Å². The molecule has 0 saturated heterocycles. The Bertz CT molecular complexity index is 3060. The molecule has 22 nitrogen and oxygen atoms in total. The summed E-state index contributed by atoms with van der Waals surface area (Å²) >= 11 is 0. The molecule has 0 heterocycles. The average molecular weight is 833 g/mol. The maximum atomic E-state index is 12.5.